The van der Waals surface area contributed by atoms with Crippen LogP contribution >= 0.6 is 23.2 Å². The third-order valence-corrected chi connectivity index (χ3v) is 4.21. The van der Waals surface area contributed by atoms with E-state index < -0.39 is 17.4 Å². The van der Waals surface area contributed by atoms with E-state index >= 15 is 0 Å². The van der Waals surface area contributed by atoms with Crippen LogP contribution in [0.15, 0.2) is 24.3 Å². The highest BCUT2D eigenvalue weighted by atomic mass is 35.5. The highest BCUT2D eigenvalue weighted by Gasteiger charge is 2.35. The number of nitrogens with one attached hydrogen (secondary N) is 1. The Morgan fingerprint density at radius 3 is 2.43 bits per heavy atom. The van der Waals surface area contributed by atoms with E-state index in [0.29, 0.717) is 28.5 Å². The van der Waals surface area contributed by atoms with E-state index in [9.17, 15) is 14.7 Å². The number of carboxylic acids is 1. The van der Waals surface area contributed by atoms with E-state index in [0.717, 1.165) is 0 Å². The predicted octanol–water partition coefficient (Wildman–Crippen LogP) is 3.77. The molecule has 0 heterocycles. The maximum Gasteiger partial charge on any atom is 0.329 e. The van der Waals surface area contributed by atoms with Crippen LogP contribution in [0.2, 0.25) is 10.0 Å². The fourth-order valence-corrected chi connectivity index (χ4v) is 2.25. The summed E-state index contributed by atoms with van der Waals surface area (Å²) in [7, 11) is 0. The summed E-state index contributed by atoms with van der Waals surface area (Å²) in [5.41, 5.74) is -0.659. The summed E-state index contributed by atoms with van der Waals surface area (Å²) < 4.78 is 0. The third kappa shape index (κ3) is 4.22. The lowest BCUT2D eigenvalue weighted by Crippen LogP contribution is -2.53. The van der Waals surface area contributed by atoms with Crippen molar-refractivity contribution in [2.75, 3.05) is 0 Å². The Hall–Kier alpha value is -1.52. The largest absolute Gasteiger partial charge is 0.480 e. The summed E-state index contributed by atoms with van der Waals surface area (Å²) in [6, 6.07) is 5.07. The smallest absolute Gasteiger partial charge is 0.329 e. The number of hydrogen-bond acceptors (Lipinski definition) is 2. The molecule has 1 aromatic rings. The molecule has 4 nitrogen and oxygen atoms in total. The van der Waals surface area contributed by atoms with Crippen molar-refractivity contribution >= 4 is 41.2 Å². The van der Waals surface area contributed by atoms with Gasteiger partial charge in [0.2, 0.25) is 5.91 Å². The molecule has 0 unspecified atom stereocenters. The second-order valence-electron chi connectivity index (χ2n) is 4.56. The van der Waals surface area contributed by atoms with Crippen molar-refractivity contribution in [3.63, 3.8) is 0 Å². The summed E-state index contributed by atoms with van der Waals surface area (Å²) in [6.45, 7) is 3.44. The van der Waals surface area contributed by atoms with Crippen molar-refractivity contribution in [2.24, 2.45) is 0 Å². The van der Waals surface area contributed by atoms with Gasteiger partial charge in [-0.25, -0.2) is 4.79 Å². The second kappa shape index (κ2) is 7.48. The zero-order valence-electron chi connectivity index (χ0n) is 11.8. The van der Waals surface area contributed by atoms with E-state index in [4.69, 9.17) is 23.2 Å². The normalized spacial score (nSPS) is 11.6. The molecule has 0 aliphatic carbocycles. The Kier molecular flexibility index (Phi) is 6.24. The number of benzene rings is 1. The molecule has 21 heavy (non-hydrogen) atoms. The van der Waals surface area contributed by atoms with Crippen molar-refractivity contribution < 1.29 is 14.7 Å². The molecular formula is C15H17Cl2NO3. The molecule has 0 aliphatic rings. The molecule has 6 heteroatoms. The molecule has 0 radical (unpaired) electrons. The van der Waals surface area contributed by atoms with E-state index in [1.165, 1.54) is 12.2 Å². The molecule has 0 spiro atoms. The standard InChI is InChI=1S/C15H17Cl2NO3/c1-3-15(4-2,14(20)21)18-12(19)9-8-10-6-5-7-11(16)13(10)17/h5-9H,3-4H2,1-2H3,(H,18,19)(H,20,21). The Balaban J connectivity index is 2.88. The Morgan fingerprint density at radius 1 is 1.29 bits per heavy atom. The molecule has 114 valence electrons. The summed E-state index contributed by atoms with van der Waals surface area (Å²) in [5.74, 6) is -1.54. The fraction of sp³-hybridized carbons (Fsp3) is 0.333. The molecule has 1 amide bonds. The topological polar surface area (TPSA) is 66.4 Å². The first-order valence-electron chi connectivity index (χ1n) is 6.54. The van der Waals surface area contributed by atoms with Crippen molar-refractivity contribution in [1.82, 2.24) is 5.32 Å². The summed E-state index contributed by atoms with van der Waals surface area (Å²) in [6.07, 6.45) is 3.36. The number of carbonyl (C=O) groups excluding carboxylic acids is 1. The van der Waals surface area contributed by atoms with Crippen LogP contribution in [-0.4, -0.2) is 22.5 Å². The minimum atomic E-state index is -1.25. The van der Waals surface area contributed by atoms with Crippen LogP contribution in [0.3, 0.4) is 0 Å². The van der Waals surface area contributed by atoms with Crippen molar-refractivity contribution in [3.05, 3.63) is 39.9 Å². The number of amides is 1. The number of halogens is 2. The zero-order chi connectivity index (χ0) is 16.0. The van der Waals surface area contributed by atoms with Gasteiger partial charge in [-0.15, -0.1) is 0 Å². The highest BCUT2D eigenvalue weighted by Crippen LogP contribution is 2.26. The highest BCUT2D eigenvalue weighted by molar-refractivity contribution is 6.42. The summed E-state index contributed by atoms with van der Waals surface area (Å²) >= 11 is 11.9. The van der Waals surface area contributed by atoms with Crippen LogP contribution < -0.4 is 5.32 Å². The fourth-order valence-electron chi connectivity index (χ4n) is 1.87. The van der Waals surface area contributed by atoms with Crippen LogP contribution in [0.4, 0.5) is 0 Å². The van der Waals surface area contributed by atoms with Gasteiger partial charge in [-0.1, -0.05) is 49.2 Å². The van der Waals surface area contributed by atoms with Gasteiger partial charge in [0.15, 0.2) is 0 Å². The molecule has 2 N–H and O–H groups in total. The second-order valence-corrected chi connectivity index (χ2v) is 5.35. The molecule has 0 saturated heterocycles. The first kappa shape index (κ1) is 17.5. The van der Waals surface area contributed by atoms with E-state index in [1.54, 1.807) is 32.0 Å². The van der Waals surface area contributed by atoms with Gasteiger partial charge in [-0.2, -0.15) is 0 Å². The van der Waals surface area contributed by atoms with Crippen LogP contribution in [-0.2, 0) is 9.59 Å². The number of aliphatic carboxylic acids is 1. The van der Waals surface area contributed by atoms with E-state index in [2.05, 4.69) is 5.32 Å². The maximum atomic E-state index is 11.9. The number of rotatable bonds is 6. The lowest BCUT2D eigenvalue weighted by Gasteiger charge is -2.27. The first-order valence-corrected chi connectivity index (χ1v) is 7.29. The minimum Gasteiger partial charge on any atom is -0.480 e. The Labute approximate surface area is 133 Å². The molecule has 1 aromatic carbocycles. The number of hydrogen-bond donors (Lipinski definition) is 2. The van der Waals surface area contributed by atoms with Gasteiger partial charge in [0, 0.05) is 6.08 Å². The van der Waals surface area contributed by atoms with Crippen molar-refractivity contribution in [3.8, 4) is 0 Å². The first-order chi connectivity index (χ1) is 9.86. The minimum absolute atomic E-state index is 0.302. The van der Waals surface area contributed by atoms with Gasteiger partial charge in [0.25, 0.3) is 0 Å². The van der Waals surface area contributed by atoms with Gasteiger partial charge in [0.1, 0.15) is 5.54 Å². The van der Waals surface area contributed by atoms with E-state index in [1.807, 2.05) is 0 Å². The van der Waals surface area contributed by atoms with Crippen LogP contribution in [0, 0.1) is 0 Å². The van der Waals surface area contributed by atoms with Crippen molar-refractivity contribution in [2.45, 2.75) is 32.2 Å². The Bertz CT molecular complexity index is 566. The summed E-state index contributed by atoms with van der Waals surface area (Å²) in [5, 5.41) is 12.5. The lowest BCUT2D eigenvalue weighted by atomic mass is 9.93. The van der Waals surface area contributed by atoms with Gasteiger partial charge < -0.3 is 10.4 Å². The molecule has 0 aliphatic heterocycles. The molecule has 0 bridgehead atoms. The van der Waals surface area contributed by atoms with Gasteiger partial charge in [0.05, 0.1) is 10.0 Å². The number of carboxylic acid groups (broad SMARTS) is 1. The van der Waals surface area contributed by atoms with Crippen molar-refractivity contribution in [1.29, 1.82) is 0 Å². The molecule has 1 rings (SSSR count). The van der Waals surface area contributed by atoms with Crippen LogP contribution in [0.25, 0.3) is 6.08 Å². The summed E-state index contributed by atoms with van der Waals surface area (Å²) in [4.78, 5) is 23.2. The molecule has 0 saturated carbocycles. The molecule has 0 fully saturated rings. The van der Waals surface area contributed by atoms with Crippen LogP contribution in [0.1, 0.15) is 32.3 Å². The number of carbonyl (C=O) groups is 2. The average molecular weight is 330 g/mol. The van der Waals surface area contributed by atoms with Gasteiger partial charge >= 0.3 is 5.97 Å². The monoisotopic (exact) mass is 329 g/mol. The molecule has 0 atom stereocenters. The SMILES string of the molecule is CCC(CC)(NC(=O)C=Cc1cccc(Cl)c1Cl)C(=O)O. The quantitative estimate of drug-likeness (QED) is 0.781. The zero-order valence-corrected chi connectivity index (χ0v) is 13.3. The lowest BCUT2D eigenvalue weighted by molar-refractivity contribution is -0.147. The van der Waals surface area contributed by atoms with Crippen LogP contribution in [0.5, 0.6) is 0 Å². The maximum absolute atomic E-state index is 11.9. The predicted molar refractivity (Wildman–Crippen MR) is 84.6 cm³/mol. The third-order valence-electron chi connectivity index (χ3n) is 3.37. The molecule has 0 aromatic heterocycles. The average Bonchev–Trinajstić information content (AvgIpc) is 2.46. The van der Waals surface area contributed by atoms with Gasteiger partial charge in [-0.3, -0.25) is 4.79 Å². The molecular weight excluding hydrogens is 313 g/mol. The Morgan fingerprint density at radius 2 is 1.90 bits per heavy atom. The van der Waals surface area contributed by atoms with E-state index in [-0.39, 0.29) is 0 Å². The van der Waals surface area contributed by atoms with Gasteiger partial charge in [-0.05, 0) is 30.5 Å².